The fourth-order valence-electron chi connectivity index (χ4n) is 2.04. The summed E-state index contributed by atoms with van der Waals surface area (Å²) in [6.07, 6.45) is 1.37. The monoisotopic (exact) mass is 327 g/mol. The highest BCUT2D eigenvalue weighted by molar-refractivity contribution is 6.31. The summed E-state index contributed by atoms with van der Waals surface area (Å²) in [7, 11) is 5.88. The molecule has 0 aliphatic carbocycles. The van der Waals surface area contributed by atoms with Gasteiger partial charge in [-0.3, -0.25) is 4.68 Å². The highest BCUT2D eigenvalue weighted by atomic mass is 35.5. The van der Waals surface area contributed by atoms with Crippen molar-refractivity contribution in [1.82, 2.24) is 14.7 Å². The number of aryl methyl sites for hydroxylation is 1. The molecule has 0 radical (unpaired) electrons. The maximum absolute atomic E-state index is 6.26. The first-order chi connectivity index (χ1) is 9.99. The Morgan fingerprint density at radius 1 is 1.24 bits per heavy atom. The Morgan fingerprint density at radius 3 is 2.43 bits per heavy atom. The zero-order valence-corrected chi connectivity index (χ0v) is 13.9. The Bertz CT molecular complexity index is 562. The zero-order chi connectivity index (χ0) is 15.4. The van der Waals surface area contributed by atoms with Gasteiger partial charge in [0.1, 0.15) is 6.10 Å². The lowest BCUT2D eigenvalue weighted by Crippen LogP contribution is -2.21. The van der Waals surface area contributed by atoms with Crippen LogP contribution in [0.15, 0.2) is 30.5 Å². The summed E-state index contributed by atoms with van der Waals surface area (Å²) < 4.78 is 7.80. The van der Waals surface area contributed by atoms with E-state index in [9.17, 15) is 0 Å². The number of ether oxygens (including phenoxy) is 1. The van der Waals surface area contributed by atoms with Gasteiger partial charge in [-0.2, -0.15) is 5.10 Å². The molecule has 0 N–H and O–H groups in total. The van der Waals surface area contributed by atoms with Gasteiger partial charge in [-0.05, 0) is 31.8 Å². The molecule has 0 fully saturated rings. The molecule has 21 heavy (non-hydrogen) atoms. The molecule has 2 rings (SSSR count). The third-order valence-corrected chi connectivity index (χ3v) is 3.72. The number of rotatable bonds is 6. The van der Waals surface area contributed by atoms with Gasteiger partial charge in [-0.25, -0.2) is 0 Å². The maximum atomic E-state index is 6.26. The van der Waals surface area contributed by atoms with Crippen molar-refractivity contribution in [3.8, 4) is 0 Å². The number of aromatic nitrogens is 2. The molecule has 114 valence electrons. The van der Waals surface area contributed by atoms with Crippen molar-refractivity contribution in [2.24, 2.45) is 7.05 Å². The van der Waals surface area contributed by atoms with Gasteiger partial charge in [0.2, 0.25) is 0 Å². The summed E-state index contributed by atoms with van der Waals surface area (Å²) in [5.41, 5.74) is 1.85. The molecule has 0 bridgehead atoms. The second-order valence-corrected chi connectivity index (χ2v) is 5.95. The summed E-state index contributed by atoms with van der Waals surface area (Å²) in [5, 5.41) is 5.49. The lowest BCUT2D eigenvalue weighted by atomic mass is 10.1. The molecule has 0 saturated carbocycles. The SMILES string of the molecule is CN(C)CCOC(c1ccc(Cl)cc1)c1c(Cl)cnn1C. The molecule has 0 spiro atoms. The van der Waals surface area contributed by atoms with Crippen molar-refractivity contribution < 1.29 is 4.74 Å². The van der Waals surface area contributed by atoms with Crippen molar-refractivity contribution in [2.45, 2.75) is 6.10 Å². The van der Waals surface area contributed by atoms with Crippen LogP contribution in [0.25, 0.3) is 0 Å². The smallest absolute Gasteiger partial charge is 0.126 e. The van der Waals surface area contributed by atoms with Gasteiger partial charge in [-0.15, -0.1) is 0 Å². The number of benzene rings is 1. The van der Waals surface area contributed by atoms with Crippen LogP contribution in [0.1, 0.15) is 17.4 Å². The predicted octanol–water partition coefficient (Wildman–Crippen LogP) is 3.39. The number of nitrogens with zero attached hydrogens (tertiary/aromatic N) is 3. The predicted molar refractivity (Wildman–Crippen MR) is 86.0 cm³/mol. The molecule has 4 nitrogen and oxygen atoms in total. The Labute approximate surface area is 135 Å². The van der Waals surface area contributed by atoms with Crippen LogP contribution >= 0.6 is 23.2 Å². The molecule has 2 aromatic rings. The molecule has 1 aromatic carbocycles. The van der Waals surface area contributed by atoms with Gasteiger partial charge in [0.25, 0.3) is 0 Å². The van der Waals surface area contributed by atoms with Crippen LogP contribution in [-0.4, -0.2) is 41.9 Å². The molecule has 1 atom stereocenters. The largest absolute Gasteiger partial charge is 0.366 e. The molecule has 6 heteroatoms. The lowest BCUT2D eigenvalue weighted by Gasteiger charge is -2.20. The minimum Gasteiger partial charge on any atom is -0.366 e. The summed E-state index contributed by atoms with van der Waals surface area (Å²) in [5.74, 6) is 0. The molecular formula is C15H19Cl2N3O. The Morgan fingerprint density at radius 2 is 1.90 bits per heavy atom. The van der Waals surface area contributed by atoms with Gasteiger partial charge in [-0.1, -0.05) is 35.3 Å². The Hall–Kier alpha value is -1.07. The van der Waals surface area contributed by atoms with Crippen molar-refractivity contribution >= 4 is 23.2 Å². The van der Waals surface area contributed by atoms with Crippen LogP contribution in [0, 0.1) is 0 Å². The van der Waals surface area contributed by atoms with Gasteiger partial charge in [0.15, 0.2) is 0 Å². The van der Waals surface area contributed by atoms with E-state index < -0.39 is 0 Å². The molecule has 0 aliphatic rings. The lowest BCUT2D eigenvalue weighted by molar-refractivity contribution is 0.0639. The topological polar surface area (TPSA) is 30.3 Å². The molecule has 0 amide bonds. The highest BCUT2D eigenvalue weighted by Crippen LogP contribution is 2.31. The number of likely N-dealkylation sites (N-methyl/N-ethyl adjacent to an activating group) is 1. The van der Waals surface area contributed by atoms with Gasteiger partial charge < -0.3 is 9.64 Å². The van der Waals surface area contributed by atoms with Gasteiger partial charge in [0.05, 0.1) is 23.5 Å². The first kappa shape index (κ1) is 16.3. The van der Waals surface area contributed by atoms with E-state index in [0.29, 0.717) is 16.7 Å². The molecule has 1 aromatic heterocycles. The van der Waals surface area contributed by atoms with Crippen LogP contribution in [0.3, 0.4) is 0 Å². The number of hydrogen-bond acceptors (Lipinski definition) is 3. The van der Waals surface area contributed by atoms with Crippen molar-refractivity contribution in [2.75, 3.05) is 27.2 Å². The summed E-state index contributed by atoms with van der Waals surface area (Å²) in [4.78, 5) is 2.07. The van der Waals surface area contributed by atoms with E-state index in [0.717, 1.165) is 17.8 Å². The van der Waals surface area contributed by atoms with Crippen molar-refractivity contribution in [3.05, 3.63) is 51.8 Å². The van der Waals surface area contributed by atoms with E-state index in [4.69, 9.17) is 27.9 Å². The molecule has 0 aliphatic heterocycles. The summed E-state index contributed by atoms with van der Waals surface area (Å²) in [6, 6.07) is 7.60. The van der Waals surface area contributed by atoms with E-state index >= 15 is 0 Å². The zero-order valence-electron chi connectivity index (χ0n) is 12.4. The highest BCUT2D eigenvalue weighted by Gasteiger charge is 2.22. The second-order valence-electron chi connectivity index (χ2n) is 5.11. The normalized spacial score (nSPS) is 12.9. The Kier molecular flexibility index (Phi) is 5.65. The third-order valence-electron chi connectivity index (χ3n) is 3.18. The number of halogens is 2. The van der Waals surface area contributed by atoms with Crippen LogP contribution in [0.5, 0.6) is 0 Å². The fourth-order valence-corrected chi connectivity index (χ4v) is 2.43. The van der Waals surface area contributed by atoms with E-state index in [1.807, 2.05) is 45.4 Å². The minimum atomic E-state index is -0.262. The first-order valence-electron chi connectivity index (χ1n) is 6.68. The van der Waals surface area contributed by atoms with Crippen LogP contribution in [-0.2, 0) is 11.8 Å². The summed E-state index contributed by atoms with van der Waals surface area (Å²) in [6.45, 7) is 1.43. The molecular weight excluding hydrogens is 309 g/mol. The van der Waals surface area contributed by atoms with Gasteiger partial charge >= 0.3 is 0 Å². The second kappa shape index (κ2) is 7.27. The first-order valence-corrected chi connectivity index (χ1v) is 7.44. The molecule has 1 unspecified atom stereocenters. The van der Waals surface area contributed by atoms with Gasteiger partial charge in [0, 0.05) is 18.6 Å². The average Bonchev–Trinajstić information content (AvgIpc) is 2.76. The van der Waals surface area contributed by atoms with E-state index in [1.165, 1.54) is 0 Å². The molecule has 0 saturated heterocycles. The average molecular weight is 328 g/mol. The third kappa shape index (κ3) is 4.20. The quantitative estimate of drug-likeness (QED) is 0.814. The van der Waals surface area contributed by atoms with E-state index in [1.54, 1.807) is 10.9 Å². The Balaban J connectivity index is 2.28. The van der Waals surface area contributed by atoms with Crippen molar-refractivity contribution in [1.29, 1.82) is 0 Å². The standard InChI is InChI=1S/C15H19Cl2N3O/c1-19(2)8-9-21-15(11-4-6-12(16)7-5-11)14-13(17)10-18-20(14)3/h4-7,10,15H,8-9H2,1-3H3. The van der Waals surface area contributed by atoms with E-state index in [-0.39, 0.29) is 6.10 Å². The van der Waals surface area contributed by atoms with Crippen molar-refractivity contribution in [3.63, 3.8) is 0 Å². The van der Waals surface area contributed by atoms with Crippen LogP contribution < -0.4 is 0 Å². The van der Waals surface area contributed by atoms with Crippen LogP contribution in [0.2, 0.25) is 10.0 Å². The molecule has 1 heterocycles. The maximum Gasteiger partial charge on any atom is 0.126 e. The van der Waals surface area contributed by atoms with E-state index in [2.05, 4.69) is 10.00 Å². The number of hydrogen-bond donors (Lipinski definition) is 0. The fraction of sp³-hybridized carbons (Fsp3) is 0.400. The summed E-state index contributed by atoms with van der Waals surface area (Å²) >= 11 is 12.2. The minimum absolute atomic E-state index is 0.262. The van der Waals surface area contributed by atoms with Crippen LogP contribution in [0.4, 0.5) is 0 Å².